The fourth-order valence-electron chi connectivity index (χ4n) is 2.70. The van der Waals surface area contributed by atoms with E-state index >= 15 is 0 Å². The molecule has 112 valence electrons. The Morgan fingerprint density at radius 1 is 1.30 bits per heavy atom. The molecule has 0 saturated carbocycles. The number of aliphatic hydroxyl groups excluding tert-OH is 1. The highest BCUT2D eigenvalue weighted by atomic mass is 35.5. The maximum Gasteiger partial charge on any atom is 0.0817 e. The van der Waals surface area contributed by atoms with Crippen molar-refractivity contribution >= 4 is 23.2 Å². The van der Waals surface area contributed by atoms with Gasteiger partial charge in [0.05, 0.1) is 18.3 Å². The Morgan fingerprint density at radius 3 is 2.60 bits per heavy atom. The molecule has 0 radical (unpaired) electrons. The first kappa shape index (κ1) is 16.1. The lowest BCUT2D eigenvalue weighted by molar-refractivity contribution is -0.0702. The quantitative estimate of drug-likeness (QED) is 0.922. The highest BCUT2D eigenvalue weighted by molar-refractivity contribution is 6.33. The van der Waals surface area contributed by atoms with E-state index in [1.54, 1.807) is 18.2 Å². The summed E-state index contributed by atoms with van der Waals surface area (Å²) in [6, 6.07) is 5.19. The molecule has 1 aliphatic rings. The lowest BCUT2D eigenvalue weighted by Gasteiger charge is -2.35. The van der Waals surface area contributed by atoms with Gasteiger partial charge in [-0.25, -0.2) is 0 Å². The van der Waals surface area contributed by atoms with E-state index in [0.29, 0.717) is 22.0 Å². The number of hydrogen-bond donors (Lipinski definition) is 1. The summed E-state index contributed by atoms with van der Waals surface area (Å²) >= 11 is 12.1. The summed E-state index contributed by atoms with van der Waals surface area (Å²) in [6.45, 7) is 6.78. The summed E-state index contributed by atoms with van der Waals surface area (Å²) in [5, 5.41) is 11.4. The molecule has 0 amide bonds. The van der Waals surface area contributed by atoms with E-state index in [9.17, 15) is 5.11 Å². The predicted octanol–water partition coefficient (Wildman–Crippen LogP) is 3.53. The van der Waals surface area contributed by atoms with Gasteiger partial charge in [0.25, 0.3) is 0 Å². The van der Waals surface area contributed by atoms with Crippen LogP contribution in [0.25, 0.3) is 0 Å². The molecule has 5 heteroatoms. The van der Waals surface area contributed by atoms with E-state index in [0.717, 1.165) is 19.6 Å². The minimum absolute atomic E-state index is 0.241. The van der Waals surface area contributed by atoms with Gasteiger partial charge in [0.1, 0.15) is 0 Å². The first-order valence-corrected chi connectivity index (χ1v) is 7.72. The number of halogens is 2. The molecule has 0 spiro atoms. The van der Waals surface area contributed by atoms with Gasteiger partial charge in [-0.3, -0.25) is 4.90 Å². The molecule has 3 atom stereocenters. The van der Waals surface area contributed by atoms with Crippen LogP contribution in [0.5, 0.6) is 0 Å². The van der Waals surface area contributed by atoms with Crippen molar-refractivity contribution in [2.24, 2.45) is 0 Å². The van der Waals surface area contributed by atoms with E-state index in [2.05, 4.69) is 18.7 Å². The molecule has 1 N–H and O–H groups in total. The van der Waals surface area contributed by atoms with Crippen LogP contribution in [0, 0.1) is 0 Å². The Bertz CT molecular complexity index is 445. The van der Waals surface area contributed by atoms with E-state index < -0.39 is 6.10 Å². The number of benzene rings is 1. The first-order valence-electron chi connectivity index (χ1n) is 6.96. The van der Waals surface area contributed by atoms with Crippen LogP contribution in [0.4, 0.5) is 0 Å². The maximum absolute atomic E-state index is 10.3. The second kappa shape index (κ2) is 7.10. The van der Waals surface area contributed by atoms with Crippen molar-refractivity contribution in [1.82, 2.24) is 4.90 Å². The lowest BCUT2D eigenvalue weighted by atomic mass is 10.1. The van der Waals surface area contributed by atoms with E-state index in [-0.39, 0.29) is 12.2 Å². The zero-order valence-electron chi connectivity index (χ0n) is 11.9. The van der Waals surface area contributed by atoms with Gasteiger partial charge in [-0.15, -0.1) is 0 Å². The molecule has 20 heavy (non-hydrogen) atoms. The van der Waals surface area contributed by atoms with E-state index in [1.165, 1.54) is 0 Å². The summed E-state index contributed by atoms with van der Waals surface area (Å²) in [5.41, 5.74) is 0.702. The smallest absolute Gasteiger partial charge is 0.0817 e. The molecule has 1 aromatic rings. The molecule has 2 rings (SSSR count). The largest absolute Gasteiger partial charge is 0.388 e. The Kier molecular flexibility index (Phi) is 5.70. The summed E-state index contributed by atoms with van der Waals surface area (Å²) in [7, 11) is 0. The Labute approximate surface area is 130 Å². The van der Waals surface area contributed by atoms with E-state index in [4.69, 9.17) is 27.9 Å². The number of hydrogen-bond acceptors (Lipinski definition) is 3. The number of morpholine rings is 1. The van der Waals surface area contributed by atoms with Crippen LogP contribution >= 0.6 is 23.2 Å². The Hall–Kier alpha value is -0.320. The summed E-state index contributed by atoms with van der Waals surface area (Å²) < 4.78 is 5.70. The predicted molar refractivity (Wildman–Crippen MR) is 82.5 cm³/mol. The number of rotatable bonds is 4. The molecule has 3 unspecified atom stereocenters. The zero-order chi connectivity index (χ0) is 14.7. The van der Waals surface area contributed by atoms with Crippen LogP contribution in [0.2, 0.25) is 10.0 Å². The fourth-order valence-corrected chi connectivity index (χ4v) is 3.12. The minimum Gasteiger partial charge on any atom is -0.388 e. The highest BCUT2D eigenvalue weighted by Gasteiger charge is 2.23. The molecular weight excluding hydrogens is 297 g/mol. The normalized spacial score (nSPS) is 25.6. The molecule has 1 aliphatic heterocycles. The van der Waals surface area contributed by atoms with Gasteiger partial charge in [-0.1, -0.05) is 23.2 Å². The molecule has 1 fully saturated rings. The minimum atomic E-state index is -0.588. The van der Waals surface area contributed by atoms with Crippen molar-refractivity contribution < 1.29 is 9.84 Å². The van der Waals surface area contributed by atoms with Gasteiger partial charge >= 0.3 is 0 Å². The van der Waals surface area contributed by atoms with Crippen molar-refractivity contribution in [3.63, 3.8) is 0 Å². The topological polar surface area (TPSA) is 32.7 Å². The first-order chi connectivity index (χ1) is 9.45. The van der Waals surface area contributed by atoms with Crippen molar-refractivity contribution in [2.45, 2.75) is 38.6 Å². The molecule has 0 bridgehead atoms. The van der Waals surface area contributed by atoms with Gasteiger partial charge < -0.3 is 9.84 Å². The summed E-state index contributed by atoms with van der Waals surface area (Å²) in [5.74, 6) is 0. The van der Waals surface area contributed by atoms with Crippen LogP contribution in [0.1, 0.15) is 31.9 Å². The molecule has 1 heterocycles. The van der Waals surface area contributed by atoms with Gasteiger partial charge in [-0.05, 0) is 38.5 Å². The van der Waals surface area contributed by atoms with Gasteiger partial charge in [0.2, 0.25) is 0 Å². The van der Waals surface area contributed by atoms with Crippen molar-refractivity contribution in [3.05, 3.63) is 33.8 Å². The third-order valence-electron chi connectivity index (χ3n) is 3.53. The number of aliphatic hydroxyl groups is 1. The fraction of sp³-hybridized carbons (Fsp3) is 0.600. The zero-order valence-corrected chi connectivity index (χ0v) is 13.4. The SMILES string of the molecule is CC1CN(CCC(O)c2cc(Cl)ccc2Cl)CC(C)O1. The molecule has 0 aromatic heterocycles. The Morgan fingerprint density at radius 2 is 1.95 bits per heavy atom. The average Bonchev–Trinajstić information content (AvgIpc) is 2.38. The highest BCUT2D eigenvalue weighted by Crippen LogP contribution is 2.28. The Balaban J connectivity index is 1.91. The van der Waals surface area contributed by atoms with Crippen molar-refractivity contribution in [2.75, 3.05) is 19.6 Å². The summed E-state index contributed by atoms with van der Waals surface area (Å²) in [4.78, 5) is 2.32. The third kappa shape index (κ3) is 4.34. The second-order valence-corrected chi connectivity index (χ2v) is 6.33. The van der Waals surface area contributed by atoms with Crippen LogP contribution in [-0.2, 0) is 4.74 Å². The molecule has 1 aromatic carbocycles. The lowest BCUT2D eigenvalue weighted by Crippen LogP contribution is -2.45. The van der Waals surface area contributed by atoms with Gasteiger partial charge in [0.15, 0.2) is 0 Å². The molecule has 3 nitrogen and oxygen atoms in total. The number of ether oxygens (including phenoxy) is 1. The molecular formula is C15H21Cl2NO2. The van der Waals surface area contributed by atoms with Crippen LogP contribution in [-0.4, -0.2) is 41.8 Å². The standard InChI is InChI=1S/C15H21Cl2NO2/c1-10-8-18(9-11(2)20-10)6-5-15(19)13-7-12(16)3-4-14(13)17/h3-4,7,10-11,15,19H,5-6,8-9H2,1-2H3. The monoisotopic (exact) mass is 317 g/mol. The summed E-state index contributed by atoms with van der Waals surface area (Å²) in [6.07, 6.45) is 0.533. The average molecular weight is 318 g/mol. The number of nitrogens with zero attached hydrogens (tertiary/aromatic N) is 1. The van der Waals surface area contributed by atoms with Gasteiger partial charge in [0, 0.05) is 35.2 Å². The van der Waals surface area contributed by atoms with Gasteiger partial charge in [-0.2, -0.15) is 0 Å². The molecule has 0 aliphatic carbocycles. The van der Waals surface area contributed by atoms with Crippen molar-refractivity contribution in [1.29, 1.82) is 0 Å². The van der Waals surface area contributed by atoms with Crippen LogP contribution in [0.3, 0.4) is 0 Å². The molecule has 1 saturated heterocycles. The maximum atomic E-state index is 10.3. The van der Waals surface area contributed by atoms with Crippen LogP contribution in [0.15, 0.2) is 18.2 Å². The van der Waals surface area contributed by atoms with Crippen LogP contribution < -0.4 is 0 Å². The van der Waals surface area contributed by atoms with E-state index in [1.807, 2.05) is 0 Å². The third-order valence-corrected chi connectivity index (χ3v) is 4.11. The van der Waals surface area contributed by atoms with Crippen molar-refractivity contribution in [3.8, 4) is 0 Å². The second-order valence-electron chi connectivity index (χ2n) is 5.49.